The van der Waals surface area contributed by atoms with Crippen molar-refractivity contribution in [3.05, 3.63) is 65.9 Å². The van der Waals surface area contributed by atoms with E-state index in [0.29, 0.717) is 22.3 Å². The van der Waals surface area contributed by atoms with Crippen molar-refractivity contribution in [3.63, 3.8) is 0 Å². The molecule has 0 N–H and O–H groups in total. The standard InChI is InChI=1S/C21H17NO7/c23-18(22-10-11-26-21(22)25)13-28-20(24)19-16(12-27-14-6-2-1-3-7-14)15-8-4-5-9-17(15)29-19/h1-9H,10-13H2. The van der Waals surface area contributed by atoms with Crippen LogP contribution in [0, 0.1) is 0 Å². The largest absolute Gasteiger partial charge is 0.489 e. The van der Waals surface area contributed by atoms with Crippen LogP contribution < -0.4 is 4.74 Å². The fraction of sp³-hybridized carbons (Fsp3) is 0.190. The topological polar surface area (TPSA) is 95.3 Å². The molecule has 1 fully saturated rings. The van der Waals surface area contributed by atoms with Crippen molar-refractivity contribution in [3.8, 4) is 5.75 Å². The van der Waals surface area contributed by atoms with E-state index in [1.54, 1.807) is 24.3 Å². The number of furan rings is 1. The summed E-state index contributed by atoms with van der Waals surface area (Å²) in [7, 11) is 0. The predicted molar refractivity (Wildman–Crippen MR) is 100 cm³/mol. The number of para-hydroxylation sites is 2. The molecule has 0 bridgehead atoms. The molecule has 29 heavy (non-hydrogen) atoms. The number of cyclic esters (lactones) is 1. The SMILES string of the molecule is O=C(OCC(=O)N1CCOC1=O)c1oc2ccccc2c1COc1ccccc1. The monoisotopic (exact) mass is 395 g/mol. The van der Waals surface area contributed by atoms with Crippen LogP contribution in [0.2, 0.25) is 0 Å². The average Bonchev–Trinajstić information content (AvgIpc) is 3.34. The van der Waals surface area contributed by atoms with Gasteiger partial charge in [-0.05, 0) is 18.2 Å². The lowest BCUT2D eigenvalue weighted by atomic mass is 10.1. The summed E-state index contributed by atoms with van der Waals surface area (Å²) in [5.74, 6) is -0.869. The van der Waals surface area contributed by atoms with Gasteiger partial charge in [0.2, 0.25) is 5.76 Å². The van der Waals surface area contributed by atoms with Crippen molar-refractivity contribution in [2.24, 2.45) is 0 Å². The Morgan fingerprint density at radius 3 is 2.55 bits per heavy atom. The number of hydrogen-bond acceptors (Lipinski definition) is 7. The third kappa shape index (κ3) is 3.91. The van der Waals surface area contributed by atoms with Crippen molar-refractivity contribution in [1.29, 1.82) is 0 Å². The van der Waals surface area contributed by atoms with Crippen LogP contribution in [0.5, 0.6) is 5.75 Å². The third-order valence-corrected chi connectivity index (χ3v) is 4.40. The fourth-order valence-electron chi connectivity index (χ4n) is 2.97. The molecule has 2 amide bonds. The van der Waals surface area contributed by atoms with Crippen LogP contribution >= 0.6 is 0 Å². The Hall–Kier alpha value is -3.81. The van der Waals surface area contributed by atoms with E-state index in [4.69, 9.17) is 18.6 Å². The number of imide groups is 1. The van der Waals surface area contributed by atoms with Gasteiger partial charge in [-0.15, -0.1) is 0 Å². The van der Waals surface area contributed by atoms with Gasteiger partial charge in [-0.25, -0.2) is 14.5 Å². The van der Waals surface area contributed by atoms with Gasteiger partial charge in [-0.2, -0.15) is 0 Å². The smallest absolute Gasteiger partial charge is 0.416 e. The minimum atomic E-state index is -0.811. The first kappa shape index (κ1) is 18.5. The summed E-state index contributed by atoms with van der Waals surface area (Å²) in [5.41, 5.74) is 1.02. The van der Waals surface area contributed by atoms with E-state index in [2.05, 4.69) is 0 Å². The fourth-order valence-corrected chi connectivity index (χ4v) is 2.97. The molecule has 0 aliphatic carbocycles. The zero-order chi connectivity index (χ0) is 20.2. The number of nitrogens with zero attached hydrogens (tertiary/aromatic N) is 1. The summed E-state index contributed by atoms with van der Waals surface area (Å²) in [4.78, 5) is 37.0. The van der Waals surface area contributed by atoms with Gasteiger partial charge in [0.05, 0.1) is 12.1 Å². The first-order chi connectivity index (χ1) is 14.1. The van der Waals surface area contributed by atoms with E-state index < -0.39 is 24.6 Å². The van der Waals surface area contributed by atoms with Crippen molar-refractivity contribution in [2.75, 3.05) is 19.8 Å². The second-order valence-corrected chi connectivity index (χ2v) is 6.24. The van der Waals surface area contributed by atoms with E-state index in [1.807, 2.05) is 30.3 Å². The minimum Gasteiger partial charge on any atom is -0.489 e. The van der Waals surface area contributed by atoms with Crippen LogP contribution in [0.4, 0.5) is 4.79 Å². The van der Waals surface area contributed by atoms with E-state index in [0.717, 1.165) is 4.90 Å². The van der Waals surface area contributed by atoms with E-state index in [9.17, 15) is 14.4 Å². The van der Waals surface area contributed by atoms with Crippen LogP contribution in [-0.2, 0) is 20.9 Å². The normalized spacial score (nSPS) is 13.4. The lowest BCUT2D eigenvalue weighted by Crippen LogP contribution is -2.35. The number of ether oxygens (including phenoxy) is 3. The Kier molecular flexibility index (Phi) is 5.15. The highest BCUT2D eigenvalue weighted by atomic mass is 16.6. The maximum Gasteiger partial charge on any atom is 0.416 e. The Labute approximate surface area is 165 Å². The Morgan fingerprint density at radius 1 is 1.03 bits per heavy atom. The van der Waals surface area contributed by atoms with Gasteiger partial charge < -0.3 is 18.6 Å². The highest BCUT2D eigenvalue weighted by Gasteiger charge is 2.30. The molecule has 3 aromatic rings. The van der Waals surface area contributed by atoms with Gasteiger partial charge in [0.15, 0.2) is 6.61 Å². The summed E-state index contributed by atoms with van der Waals surface area (Å²) in [6.45, 7) is -0.249. The van der Waals surface area contributed by atoms with Crippen LogP contribution in [0.3, 0.4) is 0 Å². The molecule has 8 heteroatoms. The van der Waals surface area contributed by atoms with Crippen molar-refractivity contribution in [2.45, 2.75) is 6.61 Å². The van der Waals surface area contributed by atoms with Crippen LogP contribution in [0.15, 0.2) is 59.0 Å². The summed E-state index contributed by atoms with van der Waals surface area (Å²) < 4.78 is 21.2. The Balaban J connectivity index is 1.51. The number of carbonyl (C=O) groups excluding carboxylic acids is 3. The zero-order valence-electron chi connectivity index (χ0n) is 15.3. The molecule has 0 spiro atoms. The quantitative estimate of drug-likeness (QED) is 0.592. The van der Waals surface area contributed by atoms with E-state index >= 15 is 0 Å². The van der Waals surface area contributed by atoms with Crippen LogP contribution in [-0.4, -0.2) is 42.6 Å². The van der Waals surface area contributed by atoms with Crippen molar-refractivity contribution in [1.82, 2.24) is 4.90 Å². The van der Waals surface area contributed by atoms with Gasteiger partial charge >= 0.3 is 12.1 Å². The molecular formula is C21H17NO7. The van der Waals surface area contributed by atoms with Gasteiger partial charge in [0, 0.05) is 5.39 Å². The van der Waals surface area contributed by atoms with Crippen molar-refractivity contribution < 1.29 is 33.0 Å². The molecule has 1 aromatic heterocycles. The van der Waals surface area contributed by atoms with E-state index in [1.165, 1.54) is 0 Å². The van der Waals surface area contributed by atoms with Gasteiger partial charge in [-0.3, -0.25) is 4.79 Å². The average molecular weight is 395 g/mol. The Bertz CT molecular complexity index is 1060. The first-order valence-corrected chi connectivity index (χ1v) is 8.96. The summed E-state index contributed by atoms with van der Waals surface area (Å²) in [6, 6.07) is 16.3. The van der Waals surface area contributed by atoms with E-state index in [-0.39, 0.29) is 25.5 Å². The zero-order valence-corrected chi connectivity index (χ0v) is 15.3. The lowest BCUT2D eigenvalue weighted by Gasteiger charge is -2.11. The number of hydrogen-bond donors (Lipinski definition) is 0. The molecule has 1 aliphatic heterocycles. The molecule has 4 rings (SSSR count). The van der Waals surface area contributed by atoms with Crippen LogP contribution in [0.25, 0.3) is 11.0 Å². The van der Waals surface area contributed by atoms with Gasteiger partial charge in [0.1, 0.15) is 24.5 Å². The Morgan fingerprint density at radius 2 is 1.79 bits per heavy atom. The lowest BCUT2D eigenvalue weighted by molar-refractivity contribution is -0.131. The highest BCUT2D eigenvalue weighted by molar-refractivity contribution is 5.98. The number of rotatable bonds is 6. The maximum atomic E-state index is 12.6. The number of carbonyl (C=O) groups is 3. The second-order valence-electron chi connectivity index (χ2n) is 6.24. The first-order valence-electron chi connectivity index (χ1n) is 8.96. The molecule has 2 aromatic carbocycles. The van der Waals surface area contributed by atoms with Gasteiger partial charge in [0.25, 0.3) is 5.91 Å². The van der Waals surface area contributed by atoms with Crippen LogP contribution in [0.1, 0.15) is 16.1 Å². The molecule has 148 valence electrons. The molecule has 8 nitrogen and oxygen atoms in total. The second kappa shape index (κ2) is 8.05. The van der Waals surface area contributed by atoms with Crippen molar-refractivity contribution >= 4 is 28.9 Å². The van der Waals surface area contributed by atoms with Gasteiger partial charge in [-0.1, -0.05) is 36.4 Å². The number of benzene rings is 2. The minimum absolute atomic E-state index is 0.0427. The molecule has 2 heterocycles. The molecular weight excluding hydrogens is 378 g/mol. The number of amides is 2. The summed E-state index contributed by atoms with van der Waals surface area (Å²) in [5, 5.41) is 0.713. The highest BCUT2D eigenvalue weighted by Crippen LogP contribution is 2.28. The molecule has 1 saturated heterocycles. The molecule has 0 radical (unpaired) electrons. The number of esters is 1. The molecule has 0 saturated carbocycles. The molecule has 0 unspecified atom stereocenters. The number of fused-ring (bicyclic) bond motifs is 1. The molecule has 0 atom stereocenters. The summed E-state index contributed by atoms with van der Waals surface area (Å²) in [6.07, 6.45) is -0.744. The maximum absolute atomic E-state index is 12.6. The summed E-state index contributed by atoms with van der Waals surface area (Å²) >= 11 is 0. The predicted octanol–water partition coefficient (Wildman–Crippen LogP) is 3.15. The third-order valence-electron chi connectivity index (χ3n) is 4.40. The molecule has 1 aliphatic rings.